The van der Waals surface area contributed by atoms with Crippen LogP contribution in [0.1, 0.15) is 46.0 Å². The van der Waals surface area contributed by atoms with Crippen LogP contribution in [0.15, 0.2) is 18.2 Å². The van der Waals surface area contributed by atoms with Gasteiger partial charge in [-0.2, -0.15) is 0 Å². The molecule has 140 valence electrons. The zero-order valence-electron chi connectivity index (χ0n) is 14.8. The van der Waals surface area contributed by atoms with Crippen molar-refractivity contribution in [3.8, 4) is 0 Å². The van der Waals surface area contributed by atoms with Crippen LogP contribution in [0, 0.1) is 0 Å². The van der Waals surface area contributed by atoms with E-state index < -0.39 is 0 Å². The molecule has 0 spiro atoms. The molecule has 0 aromatic heterocycles. The number of carbonyl (C=O) groups excluding carboxylic acids is 2. The fraction of sp³-hybridized carbons (Fsp3) is 0.556. The molecule has 1 N–H and O–H groups in total. The predicted octanol–water partition coefficient (Wildman–Crippen LogP) is 6.08. The lowest BCUT2D eigenvalue weighted by Crippen LogP contribution is -2.28. The van der Waals surface area contributed by atoms with Gasteiger partial charge in [-0.1, -0.05) is 61.7 Å². The Morgan fingerprint density at radius 2 is 1.72 bits per heavy atom. The van der Waals surface area contributed by atoms with Crippen molar-refractivity contribution in [1.29, 1.82) is 0 Å². The summed E-state index contributed by atoms with van der Waals surface area (Å²) in [4.78, 5) is 24.4. The molecule has 7 heteroatoms. The Balaban J connectivity index is 0.000000251. The van der Waals surface area contributed by atoms with E-state index in [9.17, 15) is 9.59 Å². The van der Waals surface area contributed by atoms with Crippen molar-refractivity contribution in [3.05, 3.63) is 28.2 Å². The largest absolute Gasteiger partial charge is 0.334 e. The molecule has 1 aliphatic rings. The molecule has 1 heterocycles. The van der Waals surface area contributed by atoms with E-state index in [1.807, 2.05) is 11.8 Å². The number of carbonyl (C=O) groups is 2. The quantitative estimate of drug-likeness (QED) is 0.663. The zero-order chi connectivity index (χ0) is 18.7. The summed E-state index contributed by atoms with van der Waals surface area (Å²) in [5.74, 6) is 0.855. The van der Waals surface area contributed by atoms with Crippen LogP contribution in [-0.2, 0) is 4.79 Å². The summed E-state index contributed by atoms with van der Waals surface area (Å²) in [6.45, 7) is 5.77. The van der Waals surface area contributed by atoms with E-state index >= 15 is 0 Å². The number of hydrogen-bond donors (Lipinski definition) is 1. The fourth-order valence-corrected chi connectivity index (χ4v) is 3.20. The molecule has 0 aliphatic carbocycles. The monoisotopic (exact) mass is 404 g/mol. The first kappa shape index (κ1) is 22.1. The molecular formula is C18H26Cl2N2O2S. The lowest BCUT2D eigenvalue weighted by molar-refractivity contribution is -0.115. The highest BCUT2D eigenvalue weighted by Crippen LogP contribution is 2.24. The lowest BCUT2D eigenvalue weighted by atomic mass is 10.2. The number of likely N-dealkylation sites (tertiary alicyclic amines) is 1. The molecule has 0 atom stereocenters. The topological polar surface area (TPSA) is 49.4 Å². The molecular weight excluding hydrogens is 379 g/mol. The van der Waals surface area contributed by atoms with Gasteiger partial charge in [0.05, 0.1) is 10.0 Å². The van der Waals surface area contributed by atoms with Crippen molar-refractivity contribution in [3.63, 3.8) is 0 Å². The fourth-order valence-electron chi connectivity index (χ4n) is 2.29. The van der Waals surface area contributed by atoms with Gasteiger partial charge in [0, 0.05) is 25.2 Å². The number of thioether (sulfide) groups is 1. The first-order valence-corrected chi connectivity index (χ1v) is 10.4. The average molecular weight is 405 g/mol. The van der Waals surface area contributed by atoms with Crippen molar-refractivity contribution in [2.24, 2.45) is 0 Å². The number of halogens is 2. The summed E-state index contributed by atoms with van der Waals surface area (Å²) in [7, 11) is 0. The Hall–Kier alpha value is -0.910. The second-order valence-electron chi connectivity index (χ2n) is 5.63. The highest BCUT2D eigenvalue weighted by atomic mass is 35.5. The summed E-state index contributed by atoms with van der Waals surface area (Å²) in [5.41, 5.74) is 0.668. The van der Waals surface area contributed by atoms with Gasteiger partial charge < -0.3 is 10.2 Å². The van der Waals surface area contributed by atoms with Crippen LogP contribution in [0.25, 0.3) is 0 Å². The summed E-state index contributed by atoms with van der Waals surface area (Å²) in [6, 6.07) is 4.98. The number of nitrogens with zero attached hydrogens (tertiary/aromatic N) is 1. The lowest BCUT2D eigenvalue weighted by Gasteiger charge is -2.18. The molecule has 1 fully saturated rings. The first-order valence-electron chi connectivity index (χ1n) is 8.64. The van der Waals surface area contributed by atoms with Crippen molar-refractivity contribution in [1.82, 2.24) is 4.90 Å². The van der Waals surface area contributed by atoms with Gasteiger partial charge in [-0.05, 0) is 36.8 Å². The molecule has 25 heavy (non-hydrogen) atoms. The highest BCUT2D eigenvalue weighted by Gasteiger charge is 2.14. The standard InChI is InChI=1S/C9H9Cl2NO.C9H17NOS/c1-2-9(13)12-6-3-4-7(10)8(11)5-6;1-2-12-9(11)10-7-5-3-4-6-8-10/h3-5H,2H2,1H3,(H,12,13);2-8H2,1H3. The van der Waals surface area contributed by atoms with E-state index in [1.54, 1.807) is 25.1 Å². The molecule has 2 amide bonds. The van der Waals surface area contributed by atoms with Gasteiger partial charge in [0.1, 0.15) is 0 Å². The average Bonchev–Trinajstić information content (AvgIpc) is 2.88. The second kappa shape index (κ2) is 12.4. The van der Waals surface area contributed by atoms with Gasteiger partial charge in [0.2, 0.25) is 5.91 Å². The number of anilines is 1. The van der Waals surface area contributed by atoms with Crippen LogP contribution in [0.3, 0.4) is 0 Å². The SMILES string of the molecule is CCC(=O)Nc1ccc(Cl)c(Cl)c1.CCSC(=O)N1CCCCCC1. The maximum Gasteiger partial charge on any atom is 0.281 e. The molecule has 2 rings (SSSR count). The van der Waals surface area contributed by atoms with Gasteiger partial charge in [0.25, 0.3) is 5.24 Å². The van der Waals surface area contributed by atoms with Crippen molar-refractivity contribution < 1.29 is 9.59 Å². The summed E-state index contributed by atoms with van der Waals surface area (Å²) in [6.07, 6.45) is 5.41. The number of nitrogens with one attached hydrogen (secondary N) is 1. The maximum atomic E-state index is 11.4. The Kier molecular flexibility index (Phi) is 11.0. The molecule has 1 aliphatic heterocycles. The van der Waals surface area contributed by atoms with Gasteiger partial charge in [-0.25, -0.2) is 0 Å². The second-order valence-corrected chi connectivity index (χ2v) is 7.66. The maximum absolute atomic E-state index is 11.4. The Morgan fingerprint density at radius 3 is 2.24 bits per heavy atom. The van der Waals surface area contributed by atoms with Gasteiger partial charge >= 0.3 is 0 Å². The number of amides is 2. The van der Waals surface area contributed by atoms with E-state index in [2.05, 4.69) is 5.32 Å². The molecule has 1 saturated heterocycles. The summed E-state index contributed by atoms with van der Waals surface area (Å²) >= 11 is 12.9. The highest BCUT2D eigenvalue weighted by molar-refractivity contribution is 8.13. The van der Waals surface area contributed by atoms with E-state index in [4.69, 9.17) is 23.2 Å². The normalized spacial score (nSPS) is 14.2. The minimum absolute atomic E-state index is 0.0432. The molecule has 0 radical (unpaired) electrons. The van der Waals surface area contributed by atoms with Crippen LogP contribution in [-0.4, -0.2) is 34.9 Å². The van der Waals surface area contributed by atoms with Gasteiger partial charge in [-0.15, -0.1) is 0 Å². The molecule has 1 aromatic rings. The van der Waals surface area contributed by atoms with Crippen molar-refractivity contribution >= 4 is 51.8 Å². The Bertz CT molecular complexity index is 562. The molecule has 1 aromatic carbocycles. The van der Waals surface area contributed by atoms with Crippen LogP contribution in [0.4, 0.5) is 10.5 Å². The zero-order valence-corrected chi connectivity index (χ0v) is 17.1. The van der Waals surface area contributed by atoms with Crippen LogP contribution >= 0.6 is 35.0 Å². The van der Waals surface area contributed by atoms with Crippen molar-refractivity contribution in [2.75, 3.05) is 24.2 Å². The van der Waals surface area contributed by atoms with Crippen molar-refractivity contribution in [2.45, 2.75) is 46.0 Å². The van der Waals surface area contributed by atoms with E-state index in [-0.39, 0.29) is 11.1 Å². The van der Waals surface area contributed by atoms with E-state index in [0.717, 1.165) is 18.8 Å². The molecule has 4 nitrogen and oxygen atoms in total. The Labute approximate surface area is 164 Å². The number of rotatable bonds is 3. The van der Waals surface area contributed by atoms with Crippen LogP contribution in [0.2, 0.25) is 10.0 Å². The molecule has 0 unspecified atom stereocenters. The smallest absolute Gasteiger partial charge is 0.281 e. The van der Waals surface area contributed by atoms with Crippen LogP contribution < -0.4 is 5.32 Å². The summed E-state index contributed by atoms with van der Waals surface area (Å²) < 4.78 is 0. The minimum Gasteiger partial charge on any atom is -0.334 e. The number of hydrogen-bond acceptors (Lipinski definition) is 3. The third-order valence-corrected chi connectivity index (χ3v) is 5.19. The van der Waals surface area contributed by atoms with E-state index in [1.165, 1.54) is 37.4 Å². The molecule has 0 bridgehead atoms. The van der Waals surface area contributed by atoms with Gasteiger partial charge in [0.15, 0.2) is 0 Å². The summed E-state index contributed by atoms with van der Waals surface area (Å²) in [5, 5.41) is 3.88. The van der Waals surface area contributed by atoms with Gasteiger partial charge in [-0.3, -0.25) is 9.59 Å². The van der Waals surface area contributed by atoms with E-state index in [0.29, 0.717) is 22.2 Å². The third-order valence-electron chi connectivity index (χ3n) is 3.66. The minimum atomic E-state index is -0.0432. The molecule has 0 saturated carbocycles. The Morgan fingerprint density at radius 1 is 1.08 bits per heavy atom. The predicted molar refractivity (Wildman–Crippen MR) is 109 cm³/mol. The van der Waals surface area contributed by atoms with Crippen LogP contribution in [0.5, 0.6) is 0 Å². The third kappa shape index (κ3) is 8.84. The first-order chi connectivity index (χ1) is 12.0. The number of benzene rings is 1.